The number of unbranched alkanes of at least 4 members (excludes halogenated alkanes) is 1. The molecular formula is C21H26N2O3S. The molecule has 0 unspecified atom stereocenters. The van der Waals surface area contributed by atoms with Gasteiger partial charge in [-0.2, -0.15) is 0 Å². The molecule has 2 aromatic rings. The van der Waals surface area contributed by atoms with Crippen LogP contribution in [0.1, 0.15) is 54.1 Å². The highest BCUT2D eigenvalue weighted by Gasteiger charge is 2.25. The lowest BCUT2D eigenvalue weighted by atomic mass is 10.1. The molecule has 0 aliphatic heterocycles. The lowest BCUT2D eigenvalue weighted by Gasteiger charge is -2.12. The van der Waals surface area contributed by atoms with Gasteiger partial charge in [-0.1, -0.05) is 31.5 Å². The number of aryl methyl sites for hydroxylation is 2. The average molecular weight is 387 g/mol. The number of rotatable bonds is 8. The number of carbonyl (C=O) groups is 1. The van der Waals surface area contributed by atoms with E-state index in [-0.39, 0.29) is 16.8 Å². The zero-order valence-corrected chi connectivity index (χ0v) is 16.6. The van der Waals surface area contributed by atoms with E-state index in [2.05, 4.69) is 17.0 Å². The minimum atomic E-state index is -3.77. The number of hydrogen-bond donors (Lipinski definition) is 2. The summed E-state index contributed by atoms with van der Waals surface area (Å²) >= 11 is 0. The van der Waals surface area contributed by atoms with Crippen molar-refractivity contribution in [1.82, 2.24) is 5.32 Å². The Balaban J connectivity index is 1.78. The summed E-state index contributed by atoms with van der Waals surface area (Å²) < 4.78 is 28.3. The van der Waals surface area contributed by atoms with Gasteiger partial charge in [-0.05, 0) is 68.0 Å². The van der Waals surface area contributed by atoms with Gasteiger partial charge in [0.2, 0.25) is 0 Å². The molecule has 1 amide bonds. The molecule has 0 spiro atoms. The van der Waals surface area contributed by atoms with Crippen LogP contribution >= 0.6 is 0 Å². The second-order valence-electron chi connectivity index (χ2n) is 7.13. The fourth-order valence-electron chi connectivity index (χ4n) is 2.86. The molecule has 5 nitrogen and oxygen atoms in total. The molecule has 0 bridgehead atoms. The molecule has 0 saturated heterocycles. The van der Waals surface area contributed by atoms with E-state index in [0.29, 0.717) is 16.8 Å². The van der Waals surface area contributed by atoms with Gasteiger partial charge in [0, 0.05) is 17.3 Å². The van der Waals surface area contributed by atoms with E-state index in [0.717, 1.165) is 32.1 Å². The first-order valence-corrected chi connectivity index (χ1v) is 10.9. The van der Waals surface area contributed by atoms with Gasteiger partial charge in [0.05, 0.1) is 4.90 Å². The summed E-state index contributed by atoms with van der Waals surface area (Å²) in [5, 5.41) is 2.89. The summed E-state index contributed by atoms with van der Waals surface area (Å²) in [7, 11) is -3.77. The van der Waals surface area contributed by atoms with Gasteiger partial charge in [-0.3, -0.25) is 9.52 Å². The maximum atomic E-state index is 12.8. The molecule has 3 rings (SSSR count). The molecule has 1 saturated carbocycles. The van der Waals surface area contributed by atoms with Crippen molar-refractivity contribution in [3.63, 3.8) is 0 Å². The maximum absolute atomic E-state index is 12.8. The molecule has 1 aliphatic rings. The van der Waals surface area contributed by atoms with Gasteiger partial charge in [0.15, 0.2) is 0 Å². The second-order valence-corrected chi connectivity index (χ2v) is 8.78. The third kappa shape index (κ3) is 5.10. The molecule has 2 aromatic carbocycles. The van der Waals surface area contributed by atoms with Crippen LogP contribution in [0.5, 0.6) is 0 Å². The fraction of sp³-hybridized carbons (Fsp3) is 0.381. The van der Waals surface area contributed by atoms with Crippen molar-refractivity contribution >= 4 is 21.6 Å². The van der Waals surface area contributed by atoms with Crippen LogP contribution in [0.2, 0.25) is 0 Å². The lowest BCUT2D eigenvalue weighted by Crippen LogP contribution is -2.26. The van der Waals surface area contributed by atoms with Crippen molar-refractivity contribution in [1.29, 1.82) is 0 Å². The molecule has 0 heterocycles. The molecule has 1 aliphatic carbocycles. The second kappa shape index (κ2) is 8.13. The van der Waals surface area contributed by atoms with Crippen LogP contribution in [0.15, 0.2) is 47.4 Å². The summed E-state index contributed by atoms with van der Waals surface area (Å²) in [5.74, 6) is -0.228. The molecule has 27 heavy (non-hydrogen) atoms. The Kier molecular flexibility index (Phi) is 5.85. The van der Waals surface area contributed by atoms with Crippen molar-refractivity contribution in [3.8, 4) is 0 Å². The summed E-state index contributed by atoms with van der Waals surface area (Å²) in [6, 6.07) is 12.5. The first kappa shape index (κ1) is 19.4. The number of amides is 1. The van der Waals surface area contributed by atoms with Crippen molar-refractivity contribution in [2.24, 2.45) is 0 Å². The molecule has 0 aromatic heterocycles. The number of sulfonamides is 1. The number of benzene rings is 2. The zero-order chi connectivity index (χ0) is 19.4. The van der Waals surface area contributed by atoms with Crippen LogP contribution in [0.25, 0.3) is 0 Å². The van der Waals surface area contributed by atoms with E-state index >= 15 is 0 Å². The van der Waals surface area contributed by atoms with E-state index in [1.807, 2.05) is 12.1 Å². The van der Waals surface area contributed by atoms with Crippen molar-refractivity contribution < 1.29 is 13.2 Å². The Morgan fingerprint density at radius 1 is 1.11 bits per heavy atom. The predicted molar refractivity (Wildman–Crippen MR) is 108 cm³/mol. The zero-order valence-electron chi connectivity index (χ0n) is 15.8. The number of hydrogen-bond acceptors (Lipinski definition) is 3. The molecule has 0 atom stereocenters. The van der Waals surface area contributed by atoms with Crippen LogP contribution in [0.4, 0.5) is 5.69 Å². The number of carbonyl (C=O) groups excluding carboxylic acids is 1. The van der Waals surface area contributed by atoms with Crippen LogP contribution in [0.3, 0.4) is 0 Å². The van der Waals surface area contributed by atoms with Gasteiger partial charge in [0.1, 0.15) is 0 Å². The first-order valence-electron chi connectivity index (χ1n) is 9.42. The van der Waals surface area contributed by atoms with E-state index in [1.165, 1.54) is 11.6 Å². The highest BCUT2D eigenvalue weighted by atomic mass is 32.2. The Morgan fingerprint density at radius 2 is 1.81 bits per heavy atom. The summed E-state index contributed by atoms with van der Waals surface area (Å²) in [5.41, 5.74) is 2.67. The SMILES string of the molecule is CCCCc1ccc(NS(=O)(=O)c2cc(C(=O)NC3CC3)ccc2C)cc1. The third-order valence-corrected chi connectivity index (χ3v) is 6.20. The summed E-state index contributed by atoms with van der Waals surface area (Å²) in [6.07, 6.45) is 5.19. The van der Waals surface area contributed by atoms with E-state index < -0.39 is 10.0 Å². The monoisotopic (exact) mass is 386 g/mol. The first-order chi connectivity index (χ1) is 12.9. The van der Waals surface area contributed by atoms with Gasteiger partial charge in [0.25, 0.3) is 15.9 Å². The number of anilines is 1. The van der Waals surface area contributed by atoms with Gasteiger partial charge in [-0.25, -0.2) is 8.42 Å². The Morgan fingerprint density at radius 3 is 2.44 bits per heavy atom. The average Bonchev–Trinajstić information content (AvgIpc) is 3.45. The number of nitrogens with one attached hydrogen (secondary N) is 2. The normalized spacial score (nSPS) is 14.0. The highest BCUT2D eigenvalue weighted by Crippen LogP contribution is 2.23. The standard InChI is InChI=1S/C21H26N2O3S/c1-3-4-5-16-7-10-19(11-8-16)23-27(25,26)20-14-17(9-6-15(20)2)21(24)22-18-12-13-18/h6-11,14,18,23H,3-5,12-13H2,1-2H3,(H,22,24). The molecule has 2 N–H and O–H groups in total. The minimum Gasteiger partial charge on any atom is -0.349 e. The Hall–Kier alpha value is -2.34. The maximum Gasteiger partial charge on any atom is 0.262 e. The molecule has 144 valence electrons. The predicted octanol–water partition coefficient (Wildman–Crippen LogP) is 4.03. The van der Waals surface area contributed by atoms with Gasteiger partial charge in [-0.15, -0.1) is 0 Å². The highest BCUT2D eigenvalue weighted by molar-refractivity contribution is 7.92. The molecule has 6 heteroatoms. The van der Waals surface area contributed by atoms with Crippen molar-refractivity contribution in [2.45, 2.75) is 56.9 Å². The summed E-state index contributed by atoms with van der Waals surface area (Å²) in [6.45, 7) is 3.87. The molecular weight excluding hydrogens is 360 g/mol. The largest absolute Gasteiger partial charge is 0.349 e. The van der Waals surface area contributed by atoms with Crippen LogP contribution < -0.4 is 10.0 Å². The van der Waals surface area contributed by atoms with E-state index in [1.54, 1.807) is 31.2 Å². The topological polar surface area (TPSA) is 75.3 Å². The van der Waals surface area contributed by atoms with E-state index in [9.17, 15) is 13.2 Å². The van der Waals surface area contributed by atoms with Crippen LogP contribution in [0, 0.1) is 6.92 Å². The lowest BCUT2D eigenvalue weighted by molar-refractivity contribution is 0.0951. The molecule has 0 radical (unpaired) electrons. The van der Waals surface area contributed by atoms with Crippen LogP contribution in [-0.4, -0.2) is 20.4 Å². The summed E-state index contributed by atoms with van der Waals surface area (Å²) in [4.78, 5) is 12.4. The fourth-order valence-corrected chi connectivity index (χ4v) is 4.19. The van der Waals surface area contributed by atoms with Crippen molar-refractivity contribution in [2.75, 3.05) is 4.72 Å². The smallest absolute Gasteiger partial charge is 0.262 e. The Labute approximate surface area is 161 Å². The van der Waals surface area contributed by atoms with Gasteiger partial charge >= 0.3 is 0 Å². The van der Waals surface area contributed by atoms with Gasteiger partial charge < -0.3 is 5.32 Å². The third-order valence-electron chi connectivity index (χ3n) is 4.68. The molecule has 1 fully saturated rings. The minimum absolute atomic E-state index is 0.126. The van der Waals surface area contributed by atoms with Crippen molar-refractivity contribution in [3.05, 3.63) is 59.2 Å². The van der Waals surface area contributed by atoms with Crippen LogP contribution in [-0.2, 0) is 16.4 Å². The Bertz CT molecular complexity index is 917. The quantitative estimate of drug-likeness (QED) is 0.719. The van der Waals surface area contributed by atoms with E-state index in [4.69, 9.17) is 0 Å².